The predicted octanol–water partition coefficient (Wildman–Crippen LogP) is 3.60. The molecule has 3 unspecified atom stereocenters. The third kappa shape index (κ3) is 3.65. The van der Waals surface area contributed by atoms with E-state index in [1.54, 1.807) is 18.4 Å². The van der Waals surface area contributed by atoms with Crippen molar-refractivity contribution in [2.45, 2.75) is 44.8 Å². The molecule has 3 atom stereocenters. The van der Waals surface area contributed by atoms with E-state index in [9.17, 15) is 4.79 Å². The maximum Gasteiger partial charge on any atom is 0.157 e. The Bertz CT molecular complexity index is 388. The topological polar surface area (TPSA) is 35.5 Å². The molecule has 0 saturated heterocycles. The summed E-state index contributed by atoms with van der Waals surface area (Å²) in [5, 5.41) is 2.09. The molecule has 2 rings (SSSR count). The minimum Gasteiger partial charge on any atom is -0.356 e. The van der Waals surface area contributed by atoms with E-state index in [4.69, 9.17) is 9.47 Å². The highest BCUT2D eigenvalue weighted by molar-refractivity contribution is 7.10. The van der Waals surface area contributed by atoms with Gasteiger partial charge in [0.25, 0.3) is 0 Å². The van der Waals surface area contributed by atoms with E-state index >= 15 is 0 Å². The highest BCUT2D eigenvalue weighted by atomic mass is 32.1. The van der Waals surface area contributed by atoms with Crippen LogP contribution in [0.3, 0.4) is 0 Å². The summed E-state index contributed by atoms with van der Waals surface area (Å²) in [5.74, 6) is 0.759. The van der Waals surface area contributed by atoms with Crippen molar-refractivity contribution in [2.75, 3.05) is 13.7 Å². The zero-order valence-corrected chi connectivity index (χ0v) is 12.4. The second-order valence-corrected chi connectivity index (χ2v) is 5.92. The lowest BCUT2D eigenvalue weighted by atomic mass is 9.75. The molecule has 0 radical (unpaired) electrons. The first kappa shape index (κ1) is 14.7. The van der Waals surface area contributed by atoms with Gasteiger partial charge in [0.05, 0.1) is 0 Å². The highest BCUT2D eigenvalue weighted by Crippen LogP contribution is 2.40. The molecular formula is C15H22O3S. The molecule has 0 aliphatic heterocycles. The number of ketones is 1. The number of hydrogen-bond donors (Lipinski definition) is 0. The Balaban J connectivity index is 2.10. The number of ether oxygens (including phenoxy) is 2. The van der Waals surface area contributed by atoms with Gasteiger partial charge in [-0.25, -0.2) is 0 Å². The number of Topliss-reactive ketones (excluding diaryl/α,β-unsaturated/α-hetero) is 1. The Labute approximate surface area is 118 Å². The molecule has 0 aromatic carbocycles. The van der Waals surface area contributed by atoms with Crippen LogP contribution in [0.15, 0.2) is 17.5 Å². The van der Waals surface area contributed by atoms with Gasteiger partial charge >= 0.3 is 0 Å². The van der Waals surface area contributed by atoms with Crippen LogP contribution in [-0.2, 0) is 14.3 Å². The van der Waals surface area contributed by atoms with Crippen LogP contribution in [0.4, 0.5) is 0 Å². The van der Waals surface area contributed by atoms with Crippen LogP contribution in [0.2, 0.25) is 0 Å². The number of carbonyl (C=O) groups is 1. The first-order valence-electron chi connectivity index (χ1n) is 6.96. The van der Waals surface area contributed by atoms with Gasteiger partial charge in [0.15, 0.2) is 6.29 Å². The molecule has 4 heteroatoms. The second-order valence-electron chi connectivity index (χ2n) is 4.94. The highest BCUT2D eigenvalue weighted by Gasteiger charge is 2.35. The lowest BCUT2D eigenvalue weighted by Gasteiger charge is -2.31. The smallest absolute Gasteiger partial charge is 0.157 e. The summed E-state index contributed by atoms with van der Waals surface area (Å²) in [5.41, 5.74) is 0. The molecule has 0 amide bonds. The van der Waals surface area contributed by atoms with E-state index in [2.05, 4.69) is 17.5 Å². The van der Waals surface area contributed by atoms with Crippen LogP contribution in [0.25, 0.3) is 0 Å². The fourth-order valence-corrected chi connectivity index (χ4v) is 3.80. The Hall–Kier alpha value is -0.710. The third-order valence-electron chi connectivity index (χ3n) is 3.81. The van der Waals surface area contributed by atoms with E-state index in [-0.39, 0.29) is 12.2 Å². The van der Waals surface area contributed by atoms with Gasteiger partial charge in [-0.05, 0) is 31.2 Å². The van der Waals surface area contributed by atoms with Gasteiger partial charge < -0.3 is 9.47 Å². The molecule has 1 aliphatic carbocycles. The van der Waals surface area contributed by atoms with Crippen molar-refractivity contribution < 1.29 is 14.3 Å². The van der Waals surface area contributed by atoms with Crippen molar-refractivity contribution in [3.63, 3.8) is 0 Å². The van der Waals surface area contributed by atoms with Gasteiger partial charge in [-0.15, -0.1) is 11.3 Å². The van der Waals surface area contributed by atoms with Gasteiger partial charge in [0.1, 0.15) is 5.78 Å². The fourth-order valence-electron chi connectivity index (χ4n) is 2.87. The predicted molar refractivity (Wildman–Crippen MR) is 76.4 cm³/mol. The van der Waals surface area contributed by atoms with E-state index in [1.165, 1.54) is 4.88 Å². The quantitative estimate of drug-likeness (QED) is 0.748. The summed E-state index contributed by atoms with van der Waals surface area (Å²) in [6, 6.07) is 4.20. The van der Waals surface area contributed by atoms with Crippen molar-refractivity contribution in [1.82, 2.24) is 0 Å². The molecule has 19 heavy (non-hydrogen) atoms. The molecule has 1 heterocycles. The average Bonchev–Trinajstić information content (AvgIpc) is 2.94. The van der Waals surface area contributed by atoms with Crippen molar-refractivity contribution in [3.05, 3.63) is 22.4 Å². The molecule has 3 nitrogen and oxygen atoms in total. The maximum absolute atomic E-state index is 12.2. The van der Waals surface area contributed by atoms with Crippen LogP contribution in [-0.4, -0.2) is 25.8 Å². The average molecular weight is 282 g/mol. The maximum atomic E-state index is 12.2. The molecule has 106 valence electrons. The van der Waals surface area contributed by atoms with E-state index in [0.717, 1.165) is 12.8 Å². The Morgan fingerprint density at radius 1 is 1.53 bits per heavy atom. The zero-order chi connectivity index (χ0) is 13.7. The zero-order valence-electron chi connectivity index (χ0n) is 11.6. The standard InChI is InChI=1S/C15H22O3S/c1-3-18-15(17-2)10-12-11(6-4-7-13(12)16)14-8-5-9-19-14/h5,8-9,11-12,15H,3-4,6-7,10H2,1-2H3. The van der Waals surface area contributed by atoms with Crippen molar-refractivity contribution in [3.8, 4) is 0 Å². The summed E-state index contributed by atoms with van der Waals surface area (Å²) in [6.45, 7) is 2.56. The first-order valence-corrected chi connectivity index (χ1v) is 7.84. The Morgan fingerprint density at radius 2 is 2.37 bits per heavy atom. The number of rotatable bonds is 6. The van der Waals surface area contributed by atoms with Crippen LogP contribution in [0, 0.1) is 5.92 Å². The van der Waals surface area contributed by atoms with E-state index < -0.39 is 0 Å². The molecular weight excluding hydrogens is 260 g/mol. The van der Waals surface area contributed by atoms with Gasteiger partial charge in [0, 0.05) is 43.3 Å². The Morgan fingerprint density at radius 3 is 3.00 bits per heavy atom. The number of thiophene rings is 1. The third-order valence-corrected chi connectivity index (χ3v) is 4.81. The lowest BCUT2D eigenvalue weighted by Crippen LogP contribution is -2.31. The normalized spacial score (nSPS) is 25.5. The van der Waals surface area contributed by atoms with E-state index in [1.807, 2.05) is 6.92 Å². The molecule has 0 bridgehead atoms. The monoisotopic (exact) mass is 282 g/mol. The molecule has 1 aliphatic rings. The lowest BCUT2D eigenvalue weighted by molar-refractivity contribution is -0.145. The van der Waals surface area contributed by atoms with E-state index in [0.29, 0.717) is 31.1 Å². The van der Waals surface area contributed by atoms with Crippen molar-refractivity contribution in [1.29, 1.82) is 0 Å². The van der Waals surface area contributed by atoms with Gasteiger partial charge in [-0.1, -0.05) is 6.07 Å². The van der Waals surface area contributed by atoms with Crippen LogP contribution in [0.5, 0.6) is 0 Å². The fraction of sp³-hybridized carbons (Fsp3) is 0.667. The minimum absolute atomic E-state index is 0.0453. The van der Waals surface area contributed by atoms with Gasteiger partial charge in [0.2, 0.25) is 0 Å². The summed E-state index contributed by atoms with van der Waals surface area (Å²) in [4.78, 5) is 13.6. The second kappa shape index (κ2) is 7.17. The molecule has 0 spiro atoms. The van der Waals surface area contributed by atoms with Crippen molar-refractivity contribution in [2.24, 2.45) is 5.92 Å². The number of hydrogen-bond acceptors (Lipinski definition) is 4. The summed E-state index contributed by atoms with van der Waals surface area (Å²) in [7, 11) is 1.65. The van der Waals surface area contributed by atoms with Gasteiger partial charge in [-0.3, -0.25) is 4.79 Å². The summed E-state index contributed by atoms with van der Waals surface area (Å²) in [6.07, 6.45) is 3.21. The number of methoxy groups -OCH3 is 1. The summed E-state index contributed by atoms with van der Waals surface area (Å²) < 4.78 is 10.9. The van der Waals surface area contributed by atoms with Crippen LogP contribution in [0.1, 0.15) is 43.4 Å². The summed E-state index contributed by atoms with van der Waals surface area (Å²) >= 11 is 1.75. The largest absolute Gasteiger partial charge is 0.356 e. The molecule has 1 aromatic heterocycles. The van der Waals surface area contributed by atoms with Crippen molar-refractivity contribution >= 4 is 17.1 Å². The minimum atomic E-state index is -0.264. The first-order chi connectivity index (χ1) is 9.26. The molecule has 1 saturated carbocycles. The SMILES string of the molecule is CCOC(CC1C(=O)CCCC1c1cccs1)OC. The van der Waals surface area contributed by atoms with Crippen LogP contribution >= 0.6 is 11.3 Å². The molecule has 1 aromatic rings. The van der Waals surface area contributed by atoms with Gasteiger partial charge in [-0.2, -0.15) is 0 Å². The molecule has 1 fully saturated rings. The van der Waals surface area contributed by atoms with Crippen LogP contribution < -0.4 is 0 Å². The number of carbonyl (C=O) groups excluding carboxylic acids is 1. The Kier molecular flexibility index (Phi) is 5.55. The molecule has 0 N–H and O–H groups in total.